The number of carbonyl (C=O) groups is 1. The predicted molar refractivity (Wildman–Crippen MR) is 117 cm³/mol. The highest BCUT2D eigenvalue weighted by atomic mass is 16.5. The number of ether oxygens (including phenoxy) is 2. The molecule has 0 bridgehead atoms. The van der Waals surface area contributed by atoms with Gasteiger partial charge in [0, 0.05) is 32.4 Å². The monoisotopic (exact) mass is 402 g/mol. The maximum atomic E-state index is 12.9. The molecule has 1 aliphatic carbocycles. The summed E-state index contributed by atoms with van der Waals surface area (Å²) < 4.78 is 11.6. The molecule has 0 unspecified atom stereocenters. The molecule has 1 aromatic rings. The van der Waals surface area contributed by atoms with Crippen molar-refractivity contribution in [3.8, 4) is 5.75 Å². The number of amides is 1. The summed E-state index contributed by atoms with van der Waals surface area (Å²) in [7, 11) is 1.65. The van der Waals surface area contributed by atoms with Gasteiger partial charge in [-0.05, 0) is 67.7 Å². The first-order chi connectivity index (χ1) is 13.9. The molecule has 1 aromatic carbocycles. The zero-order valence-electron chi connectivity index (χ0n) is 18.6. The number of hydrogen-bond donors (Lipinski definition) is 1. The maximum Gasteiger partial charge on any atom is 0.256 e. The van der Waals surface area contributed by atoms with Gasteiger partial charge in [-0.25, -0.2) is 0 Å². The van der Waals surface area contributed by atoms with Gasteiger partial charge in [-0.2, -0.15) is 0 Å². The van der Waals surface area contributed by atoms with Crippen molar-refractivity contribution in [1.29, 1.82) is 0 Å². The Morgan fingerprint density at radius 2 is 1.83 bits per heavy atom. The Balaban J connectivity index is 1.48. The van der Waals surface area contributed by atoms with Crippen molar-refractivity contribution in [3.05, 3.63) is 24.3 Å². The number of benzene rings is 1. The Kier molecular flexibility index (Phi) is 7.58. The van der Waals surface area contributed by atoms with Crippen LogP contribution in [-0.2, 0) is 9.53 Å². The third kappa shape index (κ3) is 5.95. The van der Waals surface area contributed by atoms with Crippen LogP contribution in [0.25, 0.3) is 0 Å². The lowest BCUT2D eigenvalue weighted by molar-refractivity contribution is -0.143. The molecule has 0 aromatic heterocycles. The van der Waals surface area contributed by atoms with Crippen LogP contribution in [0.3, 0.4) is 0 Å². The Bertz CT molecular complexity index is 653. The SMILES string of the molecule is CO[C@@]1(C(=O)Nc2ccc(OCCN3C[C@H](C)C[C@H](C)C3)cc2)CCC[C@@H](C)C1. The summed E-state index contributed by atoms with van der Waals surface area (Å²) in [5.41, 5.74) is 0.0888. The molecule has 1 aliphatic heterocycles. The Hall–Kier alpha value is -1.59. The van der Waals surface area contributed by atoms with Crippen molar-refractivity contribution in [3.63, 3.8) is 0 Å². The van der Waals surface area contributed by atoms with E-state index < -0.39 is 5.60 Å². The van der Waals surface area contributed by atoms with Gasteiger partial charge < -0.3 is 14.8 Å². The highest BCUT2D eigenvalue weighted by molar-refractivity contribution is 5.97. The lowest BCUT2D eigenvalue weighted by Gasteiger charge is -2.37. The molecule has 1 N–H and O–H groups in total. The second-order valence-corrected chi connectivity index (χ2v) is 9.43. The molecular weight excluding hydrogens is 364 g/mol. The number of rotatable bonds is 7. The fourth-order valence-corrected chi connectivity index (χ4v) is 5.13. The molecule has 5 nitrogen and oxygen atoms in total. The van der Waals surface area contributed by atoms with Gasteiger partial charge in [0.2, 0.25) is 0 Å². The number of piperidine rings is 1. The highest BCUT2D eigenvalue weighted by Gasteiger charge is 2.42. The summed E-state index contributed by atoms with van der Waals surface area (Å²) in [5, 5.41) is 3.04. The predicted octanol–water partition coefficient (Wildman–Crippen LogP) is 4.58. The number of hydrogen-bond acceptors (Lipinski definition) is 4. The van der Waals surface area contributed by atoms with Gasteiger partial charge in [0.25, 0.3) is 5.91 Å². The first-order valence-electron chi connectivity index (χ1n) is 11.2. The minimum atomic E-state index is -0.699. The van der Waals surface area contributed by atoms with Crippen LogP contribution < -0.4 is 10.1 Å². The van der Waals surface area contributed by atoms with Gasteiger partial charge in [-0.1, -0.05) is 27.2 Å². The van der Waals surface area contributed by atoms with E-state index in [1.807, 2.05) is 24.3 Å². The first-order valence-corrected chi connectivity index (χ1v) is 11.2. The smallest absolute Gasteiger partial charge is 0.256 e. The van der Waals surface area contributed by atoms with Crippen molar-refractivity contribution in [2.75, 3.05) is 38.7 Å². The zero-order chi connectivity index (χ0) is 20.9. The fourth-order valence-electron chi connectivity index (χ4n) is 5.13. The Morgan fingerprint density at radius 1 is 1.14 bits per heavy atom. The van der Waals surface area contributed by atoms with Crippen molar-refractivity contribution < 1.29 is 14.3 Å². The maximum absolute atomic E-state index is 12.9. The van der Waals surface area contributed by atoms with Crippen LogP contribution >= 0.6 is 0 Å². The Morgan fingerprint density at radius 3 is 2.45 bits per heavy atom. The molecule has 3 rings (SSSR count). The van der Waals surface area contributed by atoms with E-state index in [9.17, 15) is 4.79 Å². The van der Waals surface area contributed by atoms with E-state index in [0.717, 1.165) is 49.1 Å². The van der Waals surface area contributed by atoms with Crippen LogP contribution in [0.2, 0.25) is 0 Å². The van der Waals surface area contributed by atoms with Crippen molar-refractivity contribution in [1.82, 2.24) is 4.90 Å². The summed E-state index contributed by atoms with van der Waals surface area (Å²) in [4.78, 5) is 15.4. The van der Waals surface area contributed by atoms with E-state index in [4.69, 9.17) is 9.47 Å². The van der Waals surface area contributed by atoms with E-state index in [2.05, 4.69) is 31.0 Å². The van der Waals surface area contributed by atoms with Gasteiger partial charge in [-0.15, -0.1) is 0 Å². The molecule has 1 heterocycles. The lowest BCUT2D eigenvalue weighted by Crippen LogP contribution is -2.47. The van der Waals surface area contributed by atoms with E-state index in [0.29, 0.717) is 12.5 Å². The van der Waals surface area contributed by atoms with E-state index in [-0.39, 0.29) is 5.91 Å². The second kappa shape index (κ2) is 9.94. The average molecular weight is 403 g/mol. The molecule has 2 fully saturated rings. The van der Waals surface area contributed by atoms with Crippen LogP contribution in [0, 0.1) is 17.8 Å². The molecule has 2 aliphatic rings. The highest BCUT2D eigenvalue weighted by Crippen LogP contribution is 2.35. The third-order valence-corrected chi connectivity index (χ3v) is 6.49. The number of carbonyl (C=O) groups excluding carboxylic acids is 1. The van der Waals surface area contributed by atoms with Crippen LogP contribution in [0.5, 0.6) is 5.75 Å². The molecule has 1 saturated carbocycles. The molecule has 1 amide bonds. The number of nitrogens with zero attached hydrogens (tertiary/aromatic N) is 1. The van der Waals surface area contributed by atoms with E-state index in [1.54, 1.807) is 7.11 Å². The Labute approximate surface area is 176 Å². The molecule has 1 saturated heterocycles. The van der Waals surface area contributed by atoms with Crippen LogP contribution in [0.1, 0.15) is 52.9 Å². The topological polar surface area (TPSA) is 50.8 Å². The van der Waals surface area contributed by atoms with Gasteiger partial charge in [-0.3, -0.25) is 9.69 Å². The van der Waals surface area contributed by atoms with Gasteiger partial charge in [0.1, 0.15) is 18.0 Å². The molecule has 0 radical (unpaired) electrons. The lowest BCUT2D eigenvalue weighted by atomic mass is 9.78. The molecule has 162 valence electrons. The number of anilines is 1. The first kappa shape index (κ1) is 22.1. The van der Waals surface area contributed by atoms with Gasteiger partial charge >= 0.3 is 0 Å². The average Bonchev–Trinajstić information content (AvgIpc) is 2.68. The van der Waals surface area contributed by atoms with Crippen molar-refractivity contribution in [2.45, 2.75) is 58.5 Å². The largest absolute Gasteiger partial charge is 0.492 e. The van der Waals surface area contributed by atoms with E-state index in [1.165, 1.54) is 25.9 Å². The van der Waals surface area contributed by atoms with Gasteiger partial charge in [0.15, 0.2) is 0 Å². The van der Waals surface area contributed by atoms with Crippen LogP contribution in [0.15, 0.2) is 24.3 Å². The quantitative estimate of drug-likeness (QED) is 0.725. The van der Waals surface area contributed by atoms with Crippen molar-refractivity contribution in [2.24, 2.45) is 17.8 Å². The van der Waals surface area contributed by atoms with Crippen LogP contribution in [-0.4, -0.2) is 49.8 Å². The summed E-state index contributed by atoms with van der Waals surface area (Å²) in [6, 6.07) is 7.68. The molecule has 4 atom stereocenters. The van der Waals surface area contributed by atoms with Crippen LogP contribution in [0.4, 0.5) is 5.69 Å². The summed E-state index contributed by atoms with van der Waals surface area (Å²) in [5.74, 6) is 2.85. The standard InChI is InChI=1S/C24H38N2O3/c1-18-6-5-11-24(15-18,28-4)23(27)25-21-7-9-22(10-8-21)29-13-12-26-16-19(2)14-20(3)17-26/h7-10,18-20H,5-6,11-17H2,1-4H3,(H,25,27)/t18-,19-,20+,24+/m1/s1. The van der Waals surface area contributed by atoms with E-state index >= 15 is 0 Å². The fraction of sp³-hybridized carbons (Fsp3) is 0.708. The summed E-state index contributed by atoms with van der Waals surface area (Å²) in [6.07, 6.45) is 5.09. The zero-order valence-corrected chi connectivity index (χ0v) is 18.6. The summed E-state index contributed by atoms with van der Waals surface area (Å²) in [6.45, 7) is 10.8. The number of likely N-dealkylation sites (tertiary alicyclic amines) is 1. The molecular formula is C24H38N2O3. The number of methoxy groups -OCH3 is 1. The second-order valence-electron chi connectivity index (χ2n) is 9.43. The van der Waals surface area contributed by atoms with Crippen molar-refractivity contribution >= 4 is 11.6 Å². The minimum Gasteiger partial charge on any atom is -0.492 e. The number of nitrogens with one attached hydrogen (secondary N) is 1. The third-order valence-electron chi connectivity index (χ3n) is 6.49. The molecule has 0 spiro atoms. The minimum absolute atomic E-state index is 0.0337. The summed E-state index contributed by atoms with van der Waals surface area (Å²) >= 11 is 0. The normalized spacial score (nSPS) is 30.7. The molecule has 5 heteroatoms. The van der Waals surface area contributed by atoms with Gasteiger partial charge in [0.05, 0.1) is 0 Å². The molecule has 29 heavy (non-hydrogen) atoms.